The van der Waals surface area contributed by atoms with E-state index < -0.39 is 0 Å². The van der Waals surface area contributed by atoms with Gasteiger partial charge in [0.1, 0.15) is 5.82 Å². The zero-order valence-electron chi connectivity index (χ0n) is 15.0. The molecule has 0 atom stereocenters. The van der Waals surface area contributed by atoms with Crippen molar-refractivity contribution < 1.29 is 4.79 Å². The summed E-state index contributed by atoms with van der Waals surface area (Å²) in [7, 11) is 0. The van der Waals surface area contributed by atoms with Crippen molar-refractivity contribution in [3.8, 4) is 0 Å². The first-order chi connectivity index (χ1) is 13.3. The second-order valence-electron chi connectivity index (χ2n) is 6.54. The van der Waals surface area contributed by atoms with Gasteiger partial charge in [-0.25, -0.2) is 10.8 Å². The van der Waals surface area contributed by atoms with Crippen molar-refractivity contribution in [3.05, 3.63) is 59.4 Å². The summed E-state index contributed by atoms with van der Waals surface area (Å²) < 4.78 is 0. The quantitative estimate of drug-likeness (QED) is 0.305. The number of carbonyl (C=O) groups is 1. The highest BCUT2D eigenvalue weighted by molar-refractivity contribution is 5.95. The molecule has 1 amide bonds. The predicted octanol–water partition coefficient (Wildman–Crippen LogP) is 2.25. The molecule has 7 nitrogen and oxygen atoms in total. The Balaban J connectivity index is 1.41. The number of rotatable bonds is 6. The lowest BCUT2D eigenvalue weighted by molar-refractivity contribution is 0.0955. The van der Waals surface area contributed by atoms with Crippen LogP contribution in [-0.2, 0) is 12.8 Å². The van der Waals surface area contributed by atoms with Crippen molar-refractivity contribution in [2.75, 3.05) is 23.8 Å². The van der Waals surface area contributed by atoms with Gasteiger partial charge >= 0.3 is 0 Å². The van der Waals surface area contributed by atoms with Crippen molar-refractivity contribution in [1.29, 1.82) is 0 Å². The number of anilines is 2. The number of nitrogens with zero attached hydrogens (tertiary/aromatic N) is 2. The highest BCUT2D eigenvalue weighted by atomic mass is 16.1. The maximum atomic E-state index is 12.2. The van der Waals surface area contributed by atoms with E-state index in [1.807, 2.05) is 18.2 Å². The van der Waals surface area contributed by atoms with Gasteiger partial charge in [-0.3, -0.25) is 9.78 Å². The highest BCUT2D eigenvalue weighted by Crippen LogP contribution is 2.33. The molecule has 0 saturated carbocycles. The average Bonchev–Trinajstić information content (AvgIpc) is 3.18. The summed E-state index contributed by atoms with van der Waals surface area (Å²) in [5.74, 6) is 5.65. The number of hydrogen-bond acceptors (Lipinski definition) is 6. The lowest BCUT2D eigenvalue weighted by Gasteiger charge is -2.15. The number of hydrazine groups is 1. The number of amides is 1. The van der Waals surface area contributed by atoms with Crippen molar-refractivity contribution in [2.24, 2.45) is 5.84 Å². The second kappa shape index (κ2) is 7.59. The molecule has 1 aliphatic rings. The van der Waals surface area contributed by atoms with E-state index in [1.165, 1.54) is 17.5 Å². The highest BCUT2D eigenvalue weighted by Gasteiger charge is 2.19. The molecule has 1 aliphatic carbocycles. The van der Waals surface area contributed by atoms with E-state index in [2.05, 4.69) is 27.1 Å². The number of nitrogen functional groups attached to an aromatic ring is 1. The van der Waals surface area contributed by atoms with Gasteiger partial charge in [0.05, 0.1) is 11.1 Å². The summed E-state index contributed by atoms with van der Waals surface area (Å²) in [5, 5.41) is 7.57. The Morgan fingerprint density at radius 3 is 2.81 bits per heavy atom. The monoisotopic (exact) mass is 362 g/mol. The number of aryl methyl sites for hydroxylation is 1. The SMILES string of the molecule is NNc1ccc(C(=O)NCCNc2c3c(nc4ccccc24)CCC3)cn1. The smallest absolute Gasteiger partial charge is 0.252 e. The van der Waals surface area contributed by atoms with E-state index in [0.717, 1.165) is 35.9 Å². The van der Waals surface area contributed by atoms with Gasteiger partial charge < -0.3 is 16.1 Å². The number of fused-ring (bicyclic) bond motifs is 2. The maximum absolute atomic E-state index is 12.2. The minimum Gasteiger partial charge on any atom is -0.382 e. The first-order valence-corrected chi connectivity index (χ1v) is 9.11. The Kier molecular flexibility index (Phi) is 4.84. The second-order valence-corrected chi connectivity index (χ2v) is 6.54. The van der Waals surface area contributed by atoms with E-state index in [-0.39, 0.29) is 5.91 Å². The number of para-hydroxylation sites is 1. The van der Waals surface area contributed by atoms with E-state index >= 15 is 0 Å². The fourth-order valence-corrected chi connectivity index (χ4v) is 3.49. The largest absolute Gasteiger partial charge is 0.382 e. The van der Waals surface area contributed by atoms with Crippen molar-refractivity contribution in [3.63, 3.8) is 0 Å². The van der Waals surface area contributed by atoms with Gasteiger partial charge in [0.2, 0.25) is 0 Å². The molecule has 4 rings (SSSR count). The van der Waals surface area contributed by atoms with Crippen LogP contribution < -0.4 is 21.9 Å². The molecule has 0 radical (unpaired) electrons. The molecule has 3 aromatic rings. The molecule has 1 aromatic carbocycles. The van der Waals surface area contributed by atoms with Gasteiger partial charge in [0.15, 0.2) is 0 Å². The van der Waals surface area contributed by atoms with Gasteiger partial charge in [-0.2, -0.15) is 0 Å². The molecule has 5 N–H and O–H groups in total. The van der Waals surface area contributed by atoms with Crippen LogP contribution in [0.1, 0.15) is 28.0 Å². The molecule has 27 heavy (non-hydrogen) atoms. The molecule has 0 saturated heterocycles. The Morgan fingerprint density at radius 2 is 2.00 bits per heavy atom. The van der Waals surface area contributed by atoms with Crippen LogP contribution in [0.4, 0.5) is 11.5 Å². The third kappa shape index (κ3) is 3.54. The number of carbonyl (C=O) groups excluding carboxylic acids is 1. The number of pyridine rings is 2. The molecular weight excluding hydrogens is 340 g/mol. The fourth-order valence-electron chi connectivity index (χ4n) is 3.49. The zero-order chi connectivity index (χ0) is 18.6. The Labute approximate surface area is 157 Å². The summed E-state index contributed by atoms with van der Waals surface area (Å²) in [5.41, 5.74) is 7.63. The molecule has 0 aliphatic heterocycles. The van der Waals surface area contributed by atoms with Gasteiger partial charge in [-0.15, -0.1) is 0 Å². The molecule has 138 valence electrons. The van der Waals surface area contributed by atoms with Crippen LogP contribution in [-0.4, -0.2) is 29.0 Å². The third-order valence-electron chi connectivity index (χ3n) is 4.81. The normalized spacial score (nSPS) is 12.6. The number of aromatic nitrogens is 2. The number of nitrogens with one attached hydrogen (secondary N) is 3. The van der Waals surface area contributed by atoms with Crippen molar-refractivity contribution in [1.82, 2.24) is 15.3 Å². The maximum Gasteiger partial charge on any atom is 0.252 e. The molecule has 0 spiro atoms. The summed E-state index contributed by atoms with van der Waals surface area (Å²) in [4.78, 5) is 21.1. The molecular formula is C20H22N6O. The van der Waals surface area contributed by atoms with Crippen LogP contribution in [0, 0.1) is 0 Å². The molecule has 2 heterocycles. The Bertz CT molecular complexity index is 970. The van der Waals surface area contributed by atoms with E-state index in [9.17, 15) is 4.79 Å². The molecule has 2 aromatic heterocycles. The molecule has 0 unspecified atom stereocenters. The lowest BCUT2D eigenvalue weighted by atomic mass is 10.1. The van der Waals surface area contributed by atoms with Gasteiger partial charge in [-0.05, 0) is 43.0 Å². The zero-order valence-corrected chi connectivity index (χ0v) is 15.0. The molecule has 7 heteroatoms. The number of nitrogens with two attached hydrogens (primary N) is 1. The average molecular weight is 362 g/mol. The van der Waals surface area contributed by atoms with Gasteiger partial charge in [0, 0.05) is 36.1 Å². The van der Waals surface area contributed by atoms with Crippen LogP contribution >= 0.6 is 0 Å². The standard InChI is InChI=1S/C20H22N6O/c21-26-18-9-8-13(12-24-18)20(27)23-11-10-22-19-14-4-1-2-6-16(14)25-17-7-3-5-15(17)19/h1-2,4,6,8-9,12H,3,5,7,10-11,21H2,(H,22,25)(H,23,27)(H,24,26). The van der Waals surface area contributed by atoms with Crippen molar-refractivity contribution in [2.45, 2.75) is 19.3 Å². The first kappa shape index (κ1) is 17.2. The van der Waals surface area contributed by atoms with Gasteiger partial charge in [0.25, 0.3) is 5.91 Å². The van der Waals surface area contributed by atoms with Crippen LogP contribution in [0.2, 0.25) is 0 Å². The minimum absolute atomic E-state index is 0.155. The van der Waals surface area contributed by atoms with Crippen molar-refractivity contribution >= 4 is 28.3 Å². The van der Waals surface area contributed by atoms with Gasteiger partial charge in [-0.1, -0.05) is 18.2 Å². The van der Waals surface area contributed by atoms with E-state index in [4.69, 9.17) is 10.8 Å². The Hall–Kier alpha value is -3.19. The number of hydrogen-bond donors (Lipinski definition) is 4. The minimum atomic E-state index is -0.155. The summed E-state index contributed by atoms with van der Waals surface area (Å²) in [6.07, 6.45) is 4.73. The Morgan fingerprint density at radius 1 is 1.11 bits per heavy atom. The van der Waals surface area contributed by atoms with Crippen LogP contribution in [0.5, 0.6) is 0 Å². The van der Waals surface area contributed by atoms with Crippen LogP contribution in [0.25, 0.3) is 10.9 Å². The fraction of sp³-hybridized carbons (Fsp3) is 0.250. The summed E-state index contributed by atoms with van der Waals surface area (Å²) in [6, 6.07) is 11.5. The topological polar surface area (TPSA) is 105 Å². The van der Waals surface area contributed by atoms with Crippen LogP contribution in [0.15, 0.2) is 42.6 Å². The van der Waals surface area contributed by atoms with E-state index in [0.29, 0.717) is 24.5 Å². The van der Waals surface area contributed by atoms with Crippen LogP contribution in [0.3, 0.4) is 0 Å². The molecule has 0 bridgehead atoms. The predicted molar refractivity (Wildman–Crippen MR) is 107 cm³/mol. The lowest BCUT2D eigenvalue weighted by Crippen LogP contribution is -2.29. The summed E-state index contributed by atoms with van der Waals surface area (Å²) >= 11 is 0. The molecule has 0 fully saturated rings. The summed E-state index contributed by atoms with van der Waals surface area (Å²) in [6.45, 7) is 1.16. The third-order valence-corrected chi connectivity index (χ3v) is 4.81. The first-order valence-electron chi connectivity index (χ1n) is 9.11. The number of benzene rings is 1. The van der Waals surface area contributed by atoms with E-state index in [1.54, 1.807) is 12.1 Å².